The van der Waals surface area contributed by atoms with E-state index in [2.05, 4.69) is 58.3 Å². The highest BCUT2D eigenvalue weighted by molar-refractivity contribution is 5.67. The number of hydrogen-bond donors (Lipinski definition) is 0. The molecular formula is C30H55NO2. The fourth-order valence-electron chi connectivity index (χ4n) is 4.30. The minimum absolute atomic E-state index is 0.222. The first kappa shape index (κ1) is 31.6. The molecule has 0 aliphatic heterocycles. The maximum Gasteiger partial charge on any atom is 0.104 e. The number of carboxylic acids is 1. The molecule has 0 saturated carbocycles. The molecule has 3 nitrogen and oxygen atoms in total. The third-order valence-electron chi connectivity index (χ3n) is 6.55. The highest BCUT2D eigenvalue weighted by atomic mass is 16.4. The summed E-state index contributed by atoms with van der Waals surface area (Å²) in [5, 5.41) is 10.3. The zero-order valence-electron chi connectivity index (χ0n) is 22.7. The number of quaternary nitrogens is 1. The molecule has 0 amide bonds. The van der Waals surface area contributed by atoms with E-state index in [0.717, 1.165) is 30.3 Å². The molecule has 1 aromatic rings. The second-order valence-corrected chi connectivity index (χ2v) is 10.4. The summed E-state index contributed by atoms with van der Waals surface area (Å²) in [6.07, 6.45) is 19.2. The molecule has 0 heterocycles. The van der Waals surface area contributed by atoms with Crippen molar-refractivity contribution >= 4 is 5.97 Å². The van der Waals surface area contributed by atoms with Crippen molar-refractivity contribution in [3.8, 4) is 0 Å². The number of carbonyl (C=O) groups is 1. The van der Waals surface area contributed by atoms with Crippen LogP contribution < -0.4 is 5.11 Å². The van der Waals surface area contributed by atoms with Crippen molar-refractivity contribution in [2.75, 3.05) is 20.6 Å². The van der Waals surface area contributed by atoms with Crippen molar-refractivity contribution in [1.82, 2.24) is 0 Å². The van der Waals surface area contributed by atoms with Crippen molar-refractivity contribution in [2.45, 2.75) is 124 Å². The maximum absolute atomic E-state index is 10.3. The standard InChI is InChI=1S/C22H40N.C8H16O2/c1-4-5-6-7-8-9-10-11-12-13-17-20-23(2,3)21-22-18-15-14-16-19-22;1-3-5-6-7(4-2)8(9)10/h14-16,18-19H,4-13,17,20-21H2,1-3H3;7H,3-6H2,1-2H3,(H,9,10)/q+1;/p-1. The molecule has 0 aliphatic carbocycles. The van der Waals surface area contributed by atoms with Gasteiger partial charge in [-0.2, -0.15) is 0 Å². The summed E-state index contributed by atoms with van der Waals surface area (Å²) in [4.78, 5) is 10.3. The Morgan fingerprint density at radius 1 is 0.758 bits per heavy atom. The predicted molar refractivity (Wildman–Crippen MR) is 142 cm³/mol. The molecule has 1 rings (SSSR count). The normalized spacial score (nSPS) is 12.2. The number of hydrogen-bond acceptors (Lipinski definition) is 2. The monoisotopic (exact) mass is 461 g/mol. The molecular weight excluding hydrogens is 406 g/mol. The van der Waals surface area contributed by atoms with E-state index in [4.69, 9.17) is 0 Å². The van der Waals surface area contributed by atoms with Crippen molar-refractivity contribution in [3.05, 3.63) is 35.9 Å². The largest absolute Gasteiger partial charge is 0.550 e. The molecule has 0 aliphatic rings. The molecule has 1 atom stereocenters. The summed E-state index contributed by atoms with van der Waals surface area (Å²) in [5.41, 5.74) is 1.46. The van der Waals surface area contributed by atoms with Gasteiger partial charge in [0.15, 0.2) is 0 Å². The Kier molecular flexibility index (Phi) is 20.3. The van der Waals surface area contributed by atoms with Gasteiger partial charge in [-0.05, 0) is 31.6 Å². The van der Waals surface area contributed by atoms with Crippen LogP contribution in [0.25, 0.3) is 0 Å². The number of benzene rings is 1. The second kappa shape index (κ2) is 21.2. The average Bonchev–Trinajstić information content (AvgIpc) is 2.78. The molecule has 1 aromatic carbocycles. The van der Waals surface area contributed by atoms with Crippen LogP contribution in [0.3, 0.4) is 0 Å². The van der Waals surface area contributed by atoms with Crippen LogP contribution in [0.1, 0.15) is 123 Å². The molecule has 0 N–H and O–H groups in total. The lowest BCUT2D eigenvalue weighted by Gasteiger charge is -2.30. The van der Waals surface area contributed by atoms with Gasteiger partial charge >= 0.3 is 0 Å². The van der Waals surface area contributed by atoms with Crippen LogP contribution in [-0.4, -0.2) is 31.1 Å². The summed E-state index contributed by atoms with van der Waals surface area (Å²) in [6.45, 7) is 8.68. The van der Waals surface area contributed by atoms with Crippen molar-refractivity contribution in [3.63, 3.8) is 0 Å². The molecule has 0 spiro atoms. The number of carboxylic acid groups (broad SMARTS) is 1. The van der Waals surface area contributed by atoms with E-state index >= 15 is 0 Å². The number of aliphatic carboxylic acids is 1. The maximum atomic E-state index is 10.3. The third kappa shape index (κ3) is 19.8. The fourth-order valence-corrected chi connectivity index (χ4v) is 4.30. The van der Waals surface area contributed by atoms with E-state index in [1.807, 2.05) is 6.92 Å². The van der Waals surface area contributed by atoms with Crippen molar-refractivity contribution < 1.29 is 14.4 Å². The van der Waals surface area contributed by atoms with Crippen LogP contribution in [0.5, 0.6) is 0 Å². The highest BCUT2D eigenvalue weighted by Gasteiger charge is 2.14. The average molecular weight is 462 g/mol. The van der Waals surface area contributed by atoms with Crippen LogP contribution in [0, 0.1) is 5.92 Å². The Hall–Kier alpha value is -1.35. The van der Waals surface area contributed by atoms with Gasteiger partial charge in [-0.1, -0.05) is 122 Å². The first-order valence-corrected chi connectivity index (χ1v) is 13.9. The number of unbranched alkanes of at least 4 members (excludes halogenated alkanes) is 11. The SMILES string of the molecule is CCCCC(CC)C(=O)[O-].CCCCCCCCCCCCC[N+](C)(C)Cc1ccccc1. The molecule has 0 saturated heterocycles. The van der Waals surface area contributed by atoms with Gasteiger partial charge in [-0.25, -0.2) is 0 Å². The van der Waals surface area contributed by atoms with E-state index in [9.17, 15) is 9.90 Å². The smallest absolute Gasteiger partial charge is 0.104 e. The minimum Gasteiger partial charge on any atom is -0.550 e. The van der Waals surface area contributed by atoms with Crippen LogP contribution in [0.15, 0.2) is 30.3 Å². The molecule has 3 heteroatoms. The van der Waals surface area contributed by atoms with Crippen LogP contribution in [-0.2, 0) is 11.3 Å². The first-order valence-electron chi connectivity index (χ1n) is 13.9. The van der Waals surface area contributed by atoms with E-state index < -0.39 is 5.97 Å². The van der Waals surface area contributed by atoms with Gasteiger partial charge in [0.25, 0.3) is 0 Å². The van der Waals surface area contributed by atoms with Crippen molar-refractivity contribution in [2.24, 2.45) is 5.92 Å². The fraction of sp³-hybridized carbons (Fsp3) is 0.767. The molecule has 0 fully saturated rings. The Balaban J connectivity index is 0.000000861. The van der Waals surface area contributed by atoms with Gasteiger partial charge in [0.05, 0.1) is 20.6 Å². The van der Waals surface area contributed by atoms with E-state index in [1.165, 1.54) is 82.7 Å². The lowest BCUT2D eigenvalue weighted by molar-refractivity contribution is -0.903. The van der Waals surface area contributed by atoms with Gasteiger partial charge in [0, 0.05) is 11.5 Å². The molecule has 0 bridgehead atoms. The zero-order valence-corrected chi connectivity index (χ0v) is 22.7. The number of rotatable bonds is 19. The second-order valence-electron chi connectivity index (χ2n) is 10.4. The van der Waals surface area contributed by atoms with Crippen LogP contribution in [0.4, 0.5) is 0 Å². The zero-order chi connectivity index (χ0) is 24.8. The Morgan fingerprint density at radius 3 is 1.70 bits per heavy atom. The van der Waals surface area contributed by atoms with Crippen LogP contribution >= 0.6 is 0 Å². The highest BCUT2D eigenvalue weighted by Crippen LogP contribution is 2.14. The Bertz CT molecular complexity index is 556. The summed E-state index contributed by atoms with van der Waals surface area (Å²) in [5.74, 6) is -1.11. The number of carbonyl (C=O) groups excluding carboxylic acids is 1. The lowest BCUT2D eigenvalue weighted by Crippen LogP contribution is -2.39. The lowest BCUT2D eigenvalue weighted by atomic mass is 10.00. The summed E-state index contributed by atoms with van der Waals surface area (Å²) in [6, 6.07) is 10.9. The van der Waals surface area contributed by atoms with Gasteiger partial charge in [0.1, 0.15) is 6.54 Å². The topological polar surface area (TPSA) is 40.1 Å². The summed E-state index contributed by atoms with van der Waals surface area (Å²) in [7, 11) is 4.73. The van der Waals surface area contributed by atoms with Crippen molar-refractivity contribution in [1.29, 1.82) is 0 Å². The van der Waals surface area contributed by atoms with E-state index in [0.29, 0.717) is 6.42 Å². The molecule has 0 aromatic heterocycles. The Labute approximate surface area is 206 Å². The van der Waals surface area contributed by atoms with Gasteiger partial charge in [-0.3, -0.25) is 0 Å². The molecule has 33 heavy (non-hydrogen) atoms. The predicted octanol–water partition coefficient (Wildman–Crippen LogP) is 7.53. The molecule has 1 unspecified atom stereocenters. The van der Waals surface area contributed by atoms with Gasteiger partial charge in [0.2, 0.25) is 0 Å². The first-order chi connectivity index (χ1) is 15.9. The van der Waals surface area contributed by atoms with E-state index in [-0.39, 0.29) is 5.92 Å². The number of nitrogens with zero attached hydrogens (tertiary/aromatic N) is 1. The molecule has 192 valence electrons. The quantitative estimate of drug-likeness (QED) is 0.158. The van der Waals surface area contributed by atoms with Gasteiger partial charge < -0.3 is 14.4 Å². The minimum atomic E-state index is -0.893. The van der Waals surface area contributed by atoms with E-state index in [1.54, 1.807) is 0 Å². The summed E-state index contributed by atoms with van der Waals surface area (Å²) < 4.78 is 1.11. The van der Waals surface area contributed by atoms with Gasteiger partial charge in [-0.15, -0.1) is 0 Å². The third-order valence-corrected chi connectivity index (χ3v) is 6.55. The molecule has 0 radical (unpaired) electrons. The summed E-state index contributed by atoms with van der Waals surface area (Å²) >= 11 is 0. The Morgan fingerprint density at radius 2 is 1.24 bits per heavy atom. The van der Waals surface area contributed by atoms with Crippen LogP contribution in [0.2, 0.25) is 0 Å².